The number of esters is 1. The van der Waals surface area contributed by atoms with Crippen LogP contribution in [0.15, 0.2) is 78.9 Å². The van der Waals surface area contributed by atoms with Crippen LogP contribution < -0.4 is 10.2 Å². The molecule has 0 radical (unpaired) electrons. The number of rotatable bonds is 6. The molecule has 1 aliphatic carbocycles. The molecule has 1 N–H and O–H groups in total. The van der Waals surface area contributed by atoms with Crippen molar-refractivity contribution in [3.05, 3.63) is 95.8 Å². The van der Waals surface area contributed by atoms with Crippen LogP contribution in [0.2, 0.25) is 0 Å². The van der Waals surface area contributed by atoms with Crippen LogP contribution in [0.1, 0.15) is 41.1 Å². The molecule has 0 aromatic heterocycles. The average Bonchev–Trinajstić information content (AvgIpc) is 3.18. The van der Waals surface area contributed by atoms with E-state index < -0.39 is 30.2 Å². The van der Waals surface area contributed by atoms with E-state index in [1.807, 2.05) is 18.2 Å². The number of nitrogens with zero attached hydrogens (tertiary/aromatic N) is 1. The second-order valence-electron chi connectivity index (χ2n) is 9.33. The first kappa shape index (κ1) is 24.4. The second-order valence-corrected chi connectivity index (χ2v) is 9.33. The van der Waals surface area contributed by atoms with Gasteiger partial charge in [0.2, 0.25) is 11.8 Å². The van der Waals surface area contributed by atoms with Gasteiger partial charge in [-0.1, -0.05) is 36.4 Å². The van der Waals surface area contributed by atoms with Crippen LogP contribution in [0.3, 0.4) is 0 Å². The predicted molar refractivity (Wildman–Crippen MR) is 134 cm³/mol. The molecule has 2 aliphatic rings. The molecule has 0 unspecified atom stereocenters. The SMILES string of the molecule is O=C(COC(=O)c1cccc(N2C(=O)[C@@H]3CC[C@@H](c4ccccc4)C[C@H]3C2=O)c1)Nc1ccc(F)cc1. The van der Waals surface area contributed by atoms with Crippen molar-refractivity contribution in [3.63, 3.8) is 0 Å². The van der Waals surface area contributed by atoms with Crippen molar-refractivity contribution in [1.29, 1.82) is 0 Å². The smallest absolute Gasteiger partial charge is 0.338 e. The summed E-state index contributed by atoms with van der Waals surface area (Å²) in [6.45, 7) is -0.549. The summed E-state index contributed by atoms with van der Waals surface area (Å²) in [6, 6.07) is 21.3. The third kappa shape index (κ3) is 5.14. The molecule has 7 nitrogen and oxygen atoms in total. The molecule has 5 rings (SSSR count). The van der Waals surface area contributed by atoms with Crippen molar-refractivity contribution in [2.45, 2.75) is 25.2 Å². The van der Waals surface area contributed by atoms with Gasteiger partial charge in [0.05, 0.1) is 23.1 Å². The Hall–Kier alpha value is -4.33. The number of carbonyl (C=O) groups excluding carboxylic acids is 4. The molecule has 8 heteroatoms. The van der Waals surface area contributed by atoms with Gasteiger partial charge in [-0.25, -0.2) is 9.18 Å². The predicted octanol–water partition coefficient (Wildman–Crippen LogP) is 4.69. The Bertz CT molecular complexity index is 1340. The van der Waals surface area contributed by atoms with E-state index in [4.69, 9.17) is 4.74 Å². The second kappa shape index (κ2) is 10.3. The number of benzene rings is 3. The lowest BCUT2D eigenvalue weighted by atomic mass is 9.73. The van der Waals surface area contributed by atoms with Crippen LogP contribution in [-0.4, -0.2) is 30.3 Å². The summed E-state index contributed by atoms with van der Waals surface area (Å²) in [5, 5.41) is 2.51. The standard InChI is InChI=1S/C29H25FN2O5/c30-21-10-12-22(13-11-21)31-26(33)17-37-29(36)20-7-4-8-23(15-20)32-27(34)24-14-9-19(16-25(24)28(32)35)18-5-2-1-3-6-18/h1-8,10-13,15,19,24-25H,9,14,16-17H2,(H,31,33)/t19-,24-,25-/m1/s1. The largest absolute Gasteiger partial charge is 0.452 e. The molecule has 3 atom stereocenters. The van der Waals surface area contributed by atoms with Crippen LogP contribution in [0, 0.1) is 17.7 Å². The fourth-order valence-corrected chi connectivity index (χ4v) is 5.18. The highest BCUT2D eigenvalue weighted by atomic mass is 19.1. The van der Waals surface area contributed by atoms with Crippen LogP contribution in [0.25, 0.3) is 0 Å². The number of hydrogen-bond acceptors (Lipinski definition) is 5. The molecule has 1 saturated carbocycles. The summed E-state index contributed by atoms with van der Waals surface area (Å²) >= 11 is 0. The minimum atomic E-state index is -0.767. The first-order valence-corrected chi connectivity index (χ1v) is 12.2. The molecule has 188 valence electrons. The Morgan fingerprint density at radius 2 is 1.62 bits per heavy atom. The number of ether oxygens (including phenoxy) is 1. The molecule has 3 amide bonds. The van der Waals surface area contributed by atoms with Crippen molar-refractivity contribution in [2.24, 2.45) is 11.8 Å². The first-order chi connectivity index (χ1) is 17.9. The normalized spacial score (nSPS) is 20.9. The first-order valence-electron chi connectivity index (χ1n) is 12.2. The number of carbonyl (C=O) groups is 4. The summed E-state index contributed by atoms with van der Waals surface area (Å²) in [7, 11) is 0. The van der Waals surface area contributed by atoms with Gasteiger partial charge in [-0.2, -0.15) is 0 Å². The fourth-order valence-electron chi connectivity index (χ4n) is 5.18. The molecule has 1 saturated heterocycles. The van der Waals surface area contributed by atoms with E-state index in [1.54, 1.807) is 12.1 Å². The number of nitrogens with one attached hydrogen (secondary N) is 1. The highest BCUT2D eigenvalue weighted by Crippen LogP contribution is 2.45. The minimum absolute atomic E-state index is 0.115. The van der Waals surface area contributed by atoms with Gasteiger partial charge < -0.3 is 10.1 Å². The van der Waals surface area contributed by atoms with Crippen molar-refractivity contribution in [3.8, 4) is 0 Å². The highest BCUT2D eigenvalue weighted by Gasteiger charge is 2.50. The van der Waals surface area contributed by atoms with E-state index in [0.717, 1.165) is 6.42 Å². The van der Waals surface area contributed by atoms with E-state index in [9.17, 15) is 23.6 Å². The van der Waals surface area contributed by atoms with E-state index in [-0.39, 0.29) is 29.2 Å². The van der Waals surface area contributed by atoms with Gasteiger partial charge in [-0.15, -0.1) is 0 Å². The zero-order valence-corrected chi connectivity index (χ0v) is 19.9. The third-order valence-electron chi connectivity index (χ3n) is 7.00. The monoisotopic (exact) mass is 500 g/mol. The van der Waals surface area contributed by atoms with Gasteiger partial charge in [-0.3, -0.25) is 19.3 Å². The van der Waals surface area contributed by atoms with E-state index in [0.29, 0.717) is 24.2 Å². The third-order valence-corrected chi connectivity index (χ3v) is 7.00. The number of halogens is 1. The van der Waals surface area contributed by atoms with Gasteiger partial charge in [-0.05, 0) is 73.2 Å². The summed E-state index contributed by atoms with van der Waals surface area (Å²) in [5.41, 5.74) is 1.97. The topological polar surface area (TPSA) is 92.8 Å². The van der Waals surface area contributed by atoms with Crippen molar-refractivity contribution in [2.75, 3.05) is 16.8 Å². The Morgan fingerprint density at radius 3 is 2.38 bits per heavy atom. The van der Waals surface area contributed by atoms with E-state index in [1.165, 1.54) is 46.9 Å². The average molecular weight is 501 g/mol. The fraction of sp³-hybridized carbons (Fsp3) is 0.241. The maximum Gasteiger partial charge on any atom is 0.338 e. The maximum atomic E-state index is 13.3. The number of amides is 3. The number of imide groups is 1. The Morgan fingerprint density at radius 1 is 0.892 bits per heavy atom. The van der Waals surface area contributed by atoms with Gasteiger partial charge in [0, 0.05) is 5.69 Å². The summed E-state index contributed by atoms with van der Waals surface area (Å²) in [5.74, 6) is -2.81. The number of anilines is 2. The maximum absolute atomic E-state index is 13.3. The number of hydrogen-bond donors (Lipinski definition) is 1. The summed E-state index contributed by atoms with van der Waals surface area (Å²) in [4.78, 5) is 52.4. The Kier molecular flexibility index (Phi) is 6.81. The lowest BCUT2D eigenvalue weighted by molar-refractivity contribution is -0.122. The molecule has 3 aromatic carbocycles. The molecule has 0 spiro atoms. The number of fused-ring (bicyclic) bond motifs is 1. The quantitative estimate of drug-likeness (QED) is 0.391. The van der Waals surface area contributed by atoms with Crippen LogP contribution >= 0.6 is 0 Å². The zero-order valence-electron chi connectivity index (χ0n) is 19.9. The molecule has 2 fully saturated rings. The lowest BCUT2D eigenvalue weighted by Gasteiger charge is -2.28. The molecule has 1 heterocycles. The highest BCUT2D eigenvalue weighted by molar-refractivity contribution is 6.22. The minimum Gasteiger partial charge on any atom is -0.452 e. The molecule has 0 bridgehead atoms. The van der Waals surface area contributed by atoms with Crippen LogP contribution in [0.5, 0.6) is 0 Å². The van der Waals surface area contributed by atoms with E-state index >= 15 is 0 Å². The van der Waals surface area contributed by atoms with Gasteiger partial charge in [0.15, 0.2) is 6.61 Å². The zero-order chi connectivity index (χ0) is 25.9. The summed E-state index contributed by atoms with van der Waals surface area (Å²) in [6.07, 6.45) is 2.08. The summed E-state index contributed by atoms with van der Waals surface area (Å²) < 4.78 is 18.1. The van der Waals surface area contributed by atoms with E-state index in [2.05, 4.69) is 17.4 Å². The molecule has 1 aliphatic heterocycles. The lowest BCUT2D eigenvalue weighted by Crippen LogP contribution is -2.31. The van der Waals surface area contributed by atoms with Crippen LogP contribution in [0.4, 0.5) is 15.8 Å². The van der Waals surface area contributed by atoms with Gasteiger partial charge in [0.1, 0.15) is 5.82 Å². The van der Waals surface area contributed by atoms with Crippen molar-refractivity contribution >= 4 is 35.1 Å². The Labute approximate surface area is 213 Å². The Balaban J connectivity index is 1.24. The molecule has 37 heavy (non-hydrogen) atoms. The molecular weight excluding hydrogens is 475 g/mol. The van der Waals surface area contributed by atoms with Crippen molar-refractivity contribution in [1.82, 2.24) is 0 Å². The van der Waals surface area contributed by atoms with Gasteiger partial charge >= 0.3 is 5.97 Å². The van der Waals surface area contributed by atoms with Crippen LogP contribution in [-0.2, 0) is 19.1 Å². The molecular formula is C29H25FN2O5. The van der Waals surface area contributed by atoms with Gasteiger partial charge in [0.25, 0.3) is 5.91 Å². The van der Waals surface area contributed by atoms with Crippen molar-refractivity contribution < 1.29 is 28.3 Å². The molecule has 3 aromatic rings.